The molecule has 8 heteroatoms. The van der Waals surface area contributed by atoms with Crippen molar-refractivity contribution in [3.63, 3.8) is 0 Å². The summed E-state index contributed by atoms with van der Waals surface area (Å²) in [5.41, 5.74) is 1.02. The molecule has 2 aliphatic rings. The van der Waals surface area contributed by atoms with Crippen LogP contribution in [-0.2, 0) is 9.59 Å². The molecular weight excluding hydrogens is 277 g/mol. The Morgan fingerprint density at radius 1 is 1.47 bits per heavy atom. The summed E-state index contributed by atoms with van der Waals surface area (Å²) < 4.78 is 0. The second-order valence-corrected chi connectivity index (χ2v) is 4.64. The van der Waals surface area contributed by atoms with E-state index in [-0.39, 0.29) is 46.5 Å². The monoisotopic (exact) mass is 283 g/mol. The molecule has 0 saturated carbocycles. The fourth-order valence-electron chi connectivity index (χ4n) is 1.80. The molecule has 1 fully saturated rings. The predicted molar refractivity (Wildman–Crippen MR) is 61.3 cm³/mol. The normalized spacial score (nSPS) is 22.4. The van der Waals surface area contributed by atoms with E-state index in [1.54, 1.807) is 6.08 Å². The van der Waals surface area contributed by atoms with Crippen molar-refractivity contribution >= 4 is 29.7 Å². The van der Waals surface area contributed by atoms with Gasteiger partial charge in [0.1, 0.15) is 5.37 Å². The molecule has 0 aliphatic carbocycles. The van der Waals surface area contributed by atoms with Crippen LogP contribution in [0.2, 0.25) is 0 Å². The minimum absolute atomic E-state index is 0. The Morgan fingerprint density at radius 3 is 2.89 bits per heavy atom. The number of β-lactam (4-membered cyclic amide) rings is 1. The van der Waals surface area contributed by atoms with Gasteiger partial charge in [-0.2, -0.15) is 0 Å². The quantitative estimate of drug-likeness (QED) is 0.316. The van der Waals surface area contributed by atoms with Crippen molar-refractivity contribution in [2.75, 3.05) is 0 Å². The number of amides is 1. The maximum absolute atomic E-state index is 11.8. The summed E-state index contributed by atoms with van der Waals surface area (Å²) in [4.78, 5) is 31.7. The number of carboxylic acid groups (broad SMARTS) is 1. The van der Waals surface area contributed by atoms with E-state index in [0.717, 1.165) is 0 Å². The minimum Gasteiger partial charge on any atom is -0.543 e. The molecule has 3 heterocycles. The van der Waals surface area contributed by atoms with Gasteiger partial charge in [0.25, 0.3) is 5.91 Å². The molecule has 0 spiro atoms. The average molecular weight is 283 g/mol. The van der Waals surface area contributed by atoms with Gasteiger partial charge in [0.05, 0.1) is 29.1 Å². The summed E-state index contributed by atoms with van der Waals surface area (Å²) in [5, 5.41) is 11.9. The zero-order valence-corrected chi connectivity index (χ0v) is 12.8. The Labute approximate surface area is 134 Å². The second-order valence-electron chi connectivity index (χ2n) is 3.68. The van der Waals surface area contributed by atoms with E-state index in [1.807, 2.05) is 0 Å². The fourth-order valence-corrected chi connectivity index (χ4v) is 2.92. The number of carboxylic acids is 1. The molecule has 90 valence electrons. The van der Waals surface area contributed by atoms with Crippen molar-refractivity contribution in [2.45, 2.75) is 5.37 Å². The zero-order chi connectivity index (χ0) is 12.7. The van der Waals surface area contributed by atoms with Gasteiger partial charge in [0, 0.05) is 12.4 Å². The van der Waals surface area contributed by atoms with Crippen LogP contribution in [0.3, 0.4) is 0 Å². The molecule has 2 aliphatic heterocycles. The molecule has 1 saturated heterocycles. The number of thioether (sulfide) groups is 1. The molecule has 6 nitrogen and oxygen atoms in total. The number of carbonyl (C=O) groups excluding carboxylic acids is 2. The number of rotatable bonds is 2. The molecule has 1 aromatic rings. The summed E-state index contributed by atoms with van der Waals surface area (Å²) in [6.45, 7) is 0. The summed E-state index contributed by atoms with van der Waals surface area (Å²) in [6, 6.07) is 0. The van der Waals surface area contributed by atoms with Crippen LogP contribution in [0.4, 0.5) is 0 Å². The third-order valence-electron chi connectivity index (χ3n) is 2.63. The molecule has 0 radical (unpaired) electrons. The van der Waals surface area contributed by atoms with Gasteiger partial charge in [0.15, 0.2) is 0 Å². The van der Waals surface area contributed by atoms with Crippen LogP contribution in [0, 0.1) is 0 Å². The first kappa shape index (κ1) is 14.3. The Kier molecular flexibility index (Phi) is 4.10. The van der Waals surface area contributed by atoms with Gasteiger partial charge < -0.3 is 9.90 Å². The van der Waals surface area contributed by atoms with E-state index in [4.69, 9.17) is 0 Å². The first-order valence-corrected chi connectivity index (χ1v) is 6.01. The van der Waals surface area contributed by atoms with Crippen LogP contribution in [-0.4, -0.2) is 32.1 Å². The van der Waals surface area contributed by atoms with Crippen molar-refractivity contribution in [3.8, 4) is 0 Å². The van der Waals surface area contributed by atoms with Crippen molar-refractivity contribution in [3.05, 3.63) is 41.0 Å². The van der Waals surface area contributed by atoms with Crippen LogP contribution in [0.15, 0.2) is 35.3 Å². The SMILES string of the molecule is O=C([O-])C1=CS[C@@H]2C(=Cc3cnccn3)C(=O)N12.[Na+]. The predicted octanol–water partition coefficient (Wildman–Crippen LogP) is -3.63. The van der Waals surface area contributed by atoms with Crippen molar-refractivity contribution in [2.24, 2.45) is 0 Å². The third kappa shape index (κ3) is 2.34. The summed E-state index contributed by atoms with van der Waals surface area (Å²) in [7, 11) is 0. The Hall–Kier alpha value is -1.15. The van der Waals surface area contributed by atoms with Crippen molar-refractivity contribution in [1.82, 2.24) is 14.9 Å². The van der Waals surface area contributed by atoms with Gasteiger partial charge >= 0.3 is 29.6 Å². The molecule has 0 unspecified atom stereocenters. The molecular formula is C11H6N3NaO3S. The van der Waals surface area contributed by atoms with Crippen LogP contribution >= 0.6 is 11.8 Å². The summed E-state index contributed by atoms with van der Waals surface area (Å²) >= 11 is 1.27. The molecule has 0 bridgehead atoms. The molecule has 1 aromatic heterocycles. The average Bonchev–Trinajstić information content (AvgIpc) is 2.77. The summed E-state index contributed by atoms with van der Waals surface area (Å²) in [6.07, 6.45) is 6.22. The molecule has 1 atom stereocenters. The van der Waals surface area contributed by atoms with E-state index in [9.17, 15) is 14.7 Å². The largest absolute Gasteiger partial charge is 1.00 e. The van der Waals surface area contributed by atoms with Crippen LogP contribution in [0.25, 0.3) is 6.08 Å². The fraction of sp³-hybridized carbons (Fsp3) is 0.0909. The number of aromatic nitrogens is 2. The van der Waals surface area contributed by atoms with Crippen molar-refractivity contribution in [1.29, 1.82) is 0 Å². The van der Waals surface area contributed by atoms with E-state index in [0.29, 0.717) is 11.3 Å². The van der Waals surface area contributed by atoms with E-state index in [1.165, 1.54) is 40.7 Å². The van der Waals surface area contributed by atoms with E-state index < -0.39 is 5.97 Å². The van der Waals surface area contributed by atoms with E-state index >= 15 is 0 Å². The smallest absolute Gasteiger partial charge is 0.543 e. The zero-order valence-electron chi connectivity index (χ0n) is 9.94. The number of nitrogens with zero attached hydrogens (tertiary/aromatic N) is 3. The third-order valence-corrected chi connectivity index (χ3v) is 3.71. The number of hydrogen-bond donors (Lipinski definition) is 0. The Morgan fingerprint density at radius 2 is 2.26 bits per heavy atom. The number of carbonyl (C=O) groups is 2. The van der Waals surface area contributed by atoms with Gasteiger partial charge in [0.2, 0.25) is 0 Å². The van der Waals surface area contributed by atoms with Gasteiger partial charge in [-0.1, -0.05) is 0 Å². The maximum Gasteiger partial charge on any atom is 1.00 e. The molecule has 0 N–H and O–H groups in total. The van der Waals surface area contributed by atoms with Crippen LogP contribution in [0.5, 0.6) is 0 Å². The number of fused-ring (bicyclic) bond motifs is 1. The van der Waals surface area contributed by atoms with Crippen LogP contribution < -0.4 is 34.7 Å². The Balaban J connectivity index is 0.00000133. The van der Waals surface area contributed by atoms with Gasteiger partial charge in [-0.25, -0.2) is 0 Å². The van der Waals surface area contributed by atoms with E-state index in [2.05, 4.69) is 9.97 Å². The van der Waals surface area contributed by atoms with Gasteiger partial charge in [-0.05, 0) is 11.5 Å². The standard InChI is InChI=1S/C11H7N3O3S.Na/c15-9-7(3-6-4-12-1-2-13-6)10-14(9)8(5-18-10)11(16)17;/h1-5,10H,(H,16,17);/q;+1/p-1/t10-;/m1./s1. The topological polar surface area (TPSA) is 86.2 Å². The number of aliphatic carboxylic acids is 1. The second kappa shape index (κ2) is 5.46. The van der Waals surface area contributed by atoms with Crippen molar-refractivity contribution < 1.29 is 44.3 Å². The van der Waals surface area contributed by atoms with Crippen LogP contribution in [0.1, 0.15) is 5.69 Å². The minimum atomic E-state index is -1.34. The molecule has 0 aromatic carbocycles. The maximum atomic E-state index is 11.8. The molecule has 1 amide bonds. The Bertz CT molecular complexity index is 602. The van der Waals surface area contributed by atoms with Gasteiger partial charge in [-0.15, -0.1) is 11.8 Å². The first-order chi connectivity index (χ1) is 8.68. The molecule has 3 rings (SSSR count). The van der Waals surface area contributed by atoms with Gasteiger partial charge in [-0.3, -0.25) is 19.7 Å². The number of hydrogen-bond acceptors (Lipinski definition) is 6. The first-order valence-electron chi connectivity index (χ1n) is 5.06. The molecule has 19 heavy (non-hydrogen) atoms. The summed E-state index contributed by atoms with van der Waals surface area (Å²) in [5.74, 6) is -1.66.